The van der Waals surface area contributed by atoms with E-state index < -0.39 is 0 Å². The number of hydrogen-bond donors (Lipinski definition) is 1. The van der Waals surface area contributed by atoms with Crippen LogP contribution < -0.4 is 5.73 Å². The molecule has 3 nitrogen and oxygen atoms in total. The molecule has 0 amide bonds. The van der Waals surface area contributed by atoms with Gasteiger partial charge in [0.25, 0.3) is 0 Å². The lowest BCUT2D eigenvalue weighted by Gasteiger charge is -2.07. The van der Waals surface area contributed by atoms with Gasteiger partial charge in [-0.2, -0.15) is 0 Å². The van der Waals surface area contributed by atoms with Crippen molar-refractivity contribution in [1.29, 1.82) is 0 Å². The molecule has 0 spiro atoms. The van der Waals surface area contributed by atoms with Crippen LogP contribution in [-0.4, -0.2) is 16.5 Å². The van der Waals surface area contributed by atoms with E-state index in [1.165, 1.54) is 18.5 Å². The van der Waals surface area contributed by atoms with Gasteiger partial charge in [-0.15, -0.1) is 0 Å². The predicted octanol–water partition coefficient (Wildman–Crippen LogP) is 1.49. The first-order valence-corrected chi connectivity index (χ1v) is 5.30. The lowest BCUT2D eigenvalue weighted by atomic mass is 10.1. The summed E-state index contributed by atoms with van der Waals surface area (Å²) in [5, 5.41) is 0. The third-order valence-corrected chi connectivity index (χ3v) is 2.70. The highest BCUT2D eigenvalue weighted by atomic mass is 14.8. The summed E-state index contributed by atoms with van der Waals surface area (Å²) in [5.74, 6) is 1.22. The van der Waals surface area contributed by atoms with Crippen molar-refractivity contribution in [3.63, 3.8) is 0 Å². The normalized spacial score (nSPS) is 18.1. The van der Waals surface area contributed by atoms with Crippen molar-refractivity contribution < 1.29 is 0 Å². The quantitative estimate of drug-likeness (QED) is 0.784. The van der Waals surface area contributed by atoms with Crippen LogP contribution in [0, 0.1) is 5.92 Å². The van der Waals surface area contributed by atoms with Gasteiger partial charge in [0.15, 0.2) is 0 Å². The van der Waals surface area contributed by atoms with E-state index in [9.17, 15) is 0 Å². The molecule has 1 aromatic rings. The topological polar surface area (TPSA) is 51.8 Å². The van der Waals surface area contributed by atoms with Gasteiger partial charge in [-0.3, -0.25) is 0 Å². The highest BCUT2D eigenvalue weighted by Gasteiger charge is 2.25. The smallest absolute Gasteiger partial charge is 0.115 e. The fraction of sp³-hybridized carbons (Fsp3) is 0.636. The molecule has 0 radical (unpaired) electrons. The molecular weight excluding hydrogens is 174 g/mol. The average molecular weight is 191 g/mol. The van der Waals surface area contributed by atoms with Crippen LogP contribution in [0.3, 0.4) is 0 Å². The molecule has 0 saturated heterocycles. The van der Waals surface area contributed by atoms with Crippen LogP contribution >= 0.6 is 0 Å². The minimum Gasteiger partial charge on any atom is -0.330 e. The molecule has 1 aliphatic carbocycles. The van der Waals surface area contributed by atoms with Gasteiger partial charge in [-0.25, -0.2) is 9.97 Å². The van der Waals surface area contributed by atoms with Gasteiger partial charge in [-0.05, 0) is 37.8 Å². The fourth-order valence-electron chi connectivity index (χ4n) is 1.57. The highest BCUT2D eigenvalue weighted by molar-refractivity contribution is 5.17. The van der Waals surface area contributed by atoms with Crippen molar-refractivity contribution in [3.8, 4) is 0 Å². The summed E-state index contributed by atoms with van der Waals surface area (Å²) in [6, 6.07) is 2.14. The molecule has 76 valence electrons. The van der Waals surface area contributed by atoms with Gasteiger partial charge >= 0.3 is 0 Å². The van der Waals surface area contributed by atoms with Crippen LogP contribution in [0.15, 0.2) is 12.4 Å². The Balaban J connectivity index is 2.05. The average Bonchev–Trinajstić information content (AvgIpc) is 3.01. The van der Waals surface area contributed by atoms with Crippen molar-refractivity contribution in [3.05, 3.63) is 23.8 Å². The molecule has 3 heteroatoms. The standard InChI is InChI=1S/C11H17N3/c1-8(6-12)4-10-5-11(9-2-3-9)14-7-13-10/h5,7-9H,2-4,6,12H2,1H3. The minimum atomic E-state index is 0.511. The Morgan fingerprint density at radius 1 is 1.50 bits per heavy atom. The Morgan fingerprint density at radius 3 is 2.93 bits per heavy atom. The zero-order valence-corrected chi connectivity index (χ0v) is 8.61. The van der Waals surface area contributed by atoms with Crippen LogP contribution in [0.1, 0.15) is 37.1 Å². The molecule has 0 bridgehead atoms. The second-order valence-corrected chi connectivity index (χ2v) is 4.25. The van der Waals surface area contributed by atoms with Crippen LogP contribution in [0.4, 0.5) is 0 Å². The van der Waals surface area contributed by atoms with Crippen molar-refractivity contribution in [2.75, 3.05) is 6.54 Å². The zero-order chi connectivity index (χ0) is 9.97. The molecule has 0 aromatic carbocycles. The first-order chi connectivity index (χ1) is 6.79. The molecule has 0 aliphatic heterocycles. The van der Waals surface area contributed by atoms with Crippen LogP contribution in [-0.2, 0) is 6.42 Å². The van der Waals surface area contributed by atoms with Gasteiger partial charge in [0.1, 0.15) is 6.33 Å². The van der Waals surface area contributed by atoms with E-state index in [-0.39, 0.29) is 0 Å². The lowest BCUT2D eigenvalue weighted by Crippen LogP contribution is -2.14. The van der Waals surface area contributed by atoms with E-state index >= 15 is 0 Å². The van der Waals surface area contributed by atoms with Gasteiger partial charge in [-0.1, -0.05) is 6.92 Å². The molecule has 2 N–H and O–H groups in total. The Morgan fingerprint density at radius 2 is 2.29 bits per heavy atom. The first kappa shape index (κ1) is 9.59. The van der Waals surface area contributed by atoms with E-state index in [1.807, 2.05) is 0 Å². The number of nitrogens with two attached hydrogens (primary N) is 1. The molecule has 1 unspecified atom stereocenters. The summed E-state index contributed by atoms with van der Waals surface area (Å²) in [4.78, 5) is 8.56. The summed E-state index contributed by atoms with van der Waals surface area (Å²) in [7, 11) is 0. The van der Waals surface area contributed by atoms with E-state index in [4.69, 9.17) is 5.73 Å². The molecule has 1 saturated carbocycles. The third kappa shape index (κ3) is 2.29. The summed E-state index contributed by atoms with van der Waals surface area (Å²) >= 11 is 0. The molecule has 1 aromatic heterocycles. The number of hydrogen-bond acceptors (Lipinski definition) is 3. The maximum atomic E-state index is 5.59. The highest BCUT2D eigenvalue weighted by Crippen LogP contribution is 2.38. The van der Waals surface area contributed by atoms with Gasteiger partial charge in [0, 0.05) is 17.3 Å². The van der Waals surface area contributed by atoms with Crippen molar-refractivity contribution in [2.24, 2.45) is 11.7 Å². The van der Waals surface area contributed by atoms with Gasteiger partial charge in [0.2, 0.25) is 0 Å². The van der Waals surface area contributed by atoms with Crippen LogP contribution in [0.2, 0.25) is 0 Å². The maximum absolute atomic E-state index is 5.59. The molecule has 1 aliphatic rings. The Hall–Kier alpha value is -0.960. The maximum Gasteiger partial charge on any atom is 0.115 e. The Kier molecular flexibility index (Phi) is 2.77. The zero-order valence-electron chi connectivity index (χ0n) is 8.61. The Labute approximate surface area is 84.8 Å². The van der Waals surface area contributed by atoms with Crippen molar-refractivity contribution in [1.82, 2.24) is 9.97 Å². The van der Waals surface area contributed by atoms with E-state index in [2.05, 4.69) is 23.0 Å². The largest absolute Gasteiger partial charge is 0.330 e. The first-order valence-electron chi connectivity index (χ1n) is 5.30. The summed E-state index contributed by atoms with van der Waals surface area (Å²) in [5.41, 5.74) is 7.95. The number of aromatic nitrogens is 2. The fourth-order valence-corrected chi connectivity index (χ4v) is 1.57. The number of nitrogens with zero attached hydrogens (tertiary/aromatic N) is 2. The third-order valence-electron chi connectivity index (χ3n) is 2.70. The molecule has 2 rings (SSSR count). The molecule has 1 atom stereocenters. The minimum absolute atomic E-state index is 0.511. The Bertz CT molecular complexity index is 307. The van der Waals surface area contributed by atoms with Crippen LogP contribution in [0.5, 0.6) is 0 Å². The lowest BCUT2D eigenvalue weighted by molar-refractivity contribution is 0.582. The van der Waals surface area contributed by atoms with Crippen LogP contribution in [0.25, 0.3) is 0 Å². The predicted molar refractivity (Wildman–Crippen MR) is 55.9 cm³/mol. The van der Waals surface area contributed by atoms with E-state index in [0.717, 1.165) is 18.7 Å². The summed E-state index contributed by atoms with van der Waals surface area (Å²) < 4.78 is 0. The molecular formula is C11H17N3. The van der Waals surface area contributed by atoms with E-state index in [0.29, 0.717) is 11.8 Å². The monoisotopic (exact) mass is 191 g/mol. The van der Waals surface area contributed by atoms with Crippen molar-refractivity contribution >= 4 is 0 Å². The molecule has 1 heterocycles. The molecule has 14 heavy (non-hydrogen) atoms. The van der Waals surface area contributed by atoms with E-state index in [1.54, 1.807) is 6.33 Å². The van der Waals surface area contributed by atoms with Gasteiger partial charge in [0.05, 0.1) is 0 Å². The summed E-state index contributed by atoms with van der Waals surface area (Å²) in [6.45, 7) is 2.88. The molecule has 1 fully saturated rings. The second-order valence-electron chi connectivity index (χ2n) is 4.25. The second kappa shape index (κ2) is 4.05. The van der Waals surface area contributed by atoms with Gasteiger partial charge < -0.3 is 5.73 Å². The SMILES string of the molecule is CC(CN)Cc1cc(C2CC2)ncn1. The number of rotatable bonds is 4. The van der Waals surface area contributed by atoms with Crippen molar-refractivity contribution in [2.45, 2.75) is 32.1 Å². The summed E-state index contributed by atoms with van der Waals surface area (Å²) in [6.07, 6.45) is 5.25.